The first-order chi connectivity index (χ1) is 8.65. The topological polar surface area (TPSA) is 30.0 Å². The Bertz CT molecular complexity index is 638. The summed E-state index contributed by atoms with van der Waals surface area (Å²) in [7, 11) is 0. The Hall–Kier alpha value is -1.26. The van der Waals surface area contributed by atoms with Gasteiger partial charge in [0.25, 0.3) is 0 Å². The molecule has 3 rings (SSSR count). The van der Waals surface area contributed by atoms with E-state index in [-0.39, 0.29) is 11.6 Å². The lowest BCUT2D eigenvalue weighted by molar-refractivity contribution is 0.0976. The fourth-order valence-corrected chi connectivity index (χ4v) is 3.31. The maximum Gasteiger partial charge on any atom is 0.174 e. The number of aryl methyl sites for hydroxylation is 1. The normalized spacial score (nSPS) is 14.7. The van der Waals surface area contributed by atoms with E-state index in [4.69, 9.17) is 11.6 Å². The highest BCUT2D eigenvalue weighted by Crippen LogP contribution is 2.34. The fourth-order valence-electron chi connectivity index (χ4n) is 2.05. The molecule has 0 atom stereocenters. The van der Waals surface area contributed by atoms with E-state index in [1.807, 2.05) is 0 Å². The quantitative estimate of drug-likeness (QED) is 0.787. The van der Waals surface area contributed by atoms with Crippen LogP contribution in [0.2, 0.25) is 5.02 Å². The van der Waals surface area contributed by atoms with E-state index in [0.29, 0.717) is 26.9 Å². The Balaban J connectivity index is 2.13. The molecule has 18 heavy (non-hydrogen) atoms. The van der Waals surface area contributed by atoms with Crippen LogP contribution in [0.5, 0.6) is 0 Å². The van der Waals surface area contributed by atoms with Gasteiger partial charge >= 0.3 is 0 Å². The van der Waals surface area contributed by atoms with Gasteiger partial charge in [-0.2, -0.15) is 0 Å². The zero-order chi connectivity index (χ0) is 12.7. The maximum absolute atomic E-state index is 13.7. The summed E-state index contributed by atoms with van der Waals surface area (Å²) in [4.78, 5) is 16.8. The number of hydrogen-bond donors (Lipinski definition) is 0. The molecule has 0 N–H and O–H groups in total. The zero-order valence-corrected chi connectivity index (χ0v) is 10.9. The number of ketones is 1. The van der Waals surface area contributed by atoms with Crippen molar-refractivity contribution in [2.45, 2.75) is 19.3 Å². The van der Waals surface area contributed by atoms with Gasteiger partial charge in [0, 0.05) is 17.0 Å². The molecule has 2 aromatic rings. The molecule has 0 spiro atoms. The lowest BCUT2D eigenvalue weighted by Crippen LogP contribution is -2.07. The summed E-state index contributed by atoms with van der Waals surface area (Å²) in [5.74, 6) is -0.250. The molecule has 5 heteroatoms. The molecule has 1 aliphatic rings. The van der Waals surface area contributed by atoms with Gasteiger partial charge in [-0.25, -0.2) is 9.37 Å². The average molecular weight is 282 g/mol. The standard InChI is InChI=1S/C13H9ClFNOS/c14-7-4-5-9(15)8(6-7)13-16-10-2-1-3-11(17)12(10)18-13/h4-6H,1-3H2. The van der Waals surface area contributed by atoms with Crippen molar-refractivity contribution in [1.29, 1.82) is 0 Å². The molecule has 92 valence electrons. The molecule has 0 saturated carbocycles. The molecule has 2 nitrogen and oxygen atoms in total. The average Bonchev–Trinajstić information content (AvgIpc) is 2.77. The summed E-state index contributed by atoms with van der Waals surface area (Å²) < 4.78 is 13.7. The number of halogens is 2. The second kappa shape index (κ2) is 4.44. The molecule has 0 radical (unpaired) electrons. The molecule has 0 bridgehead atoms. The van der Waals surface area contributed by atoms with Crippen LogP contribution in [0, 0.1) is 5.82 Å². The predicted octanol–water partition coefficient (Wildman–Crippen LogP) is 4.12. The van der Waals surface area contributed by atoms with Gasteiger partial charge in [-0.3, -0.25) is 4.79 Å². The smallest absolute Gasteiger partial charge is 0.174 e. The second-order valence-electron chi connectivity index (χ2n) is 4.20. The van der Waals surface area contributed by atoms with Crippen molar-refractivity contribution in [2.75, 3.05) is 0 Å². The van der Waals surface area contributed by atoms with Gasteiger partial charge in [-0.1, -0.05) is 11.6 Å². The third kappa shape index (κ3) is 1.95. The van der Waals surface area contributed by atoms with Gasteiger partial charge in [-0.15, -0.1) is 11.3 Å². The van der Waals surface area contributed by atoms with Crippen LogP contribution in [0.15, 0.2) is 18.2 Å². The largest absolute Gasteiger partial charge is 0.293 e. The SMILES string of the molecule is O=C1CCCc2nc(-c3cc(Cl)ccc3F)sc21. The van der Waals surface area contributed by atoms with Gasteiger partial charge in [0.05, 0.1) is 10.6 Å². The fraction of sp³-hybridized carbons (Fsp3) is 0.231. The van der Waals surface area contributed by atoms with Gasteiger partial charge < -0.3 is 0 Å². The van der Waals surface area contributed by atoms with Crippen molar-refractivity contribution in [3.63, 3.8) is 0 Å². The number of Topliss-reactive ketones (excluding diaryl/α,β-unsaturated/α-hetero) is 1. The van der Waals surface area contributed by atoms with Gasteiger partial charge in [-0.05, 0) is 31.0 Å². The summed E-state index contributed by atoms with van der Waals surface area (Å²) >= 11 is 7.13. The van der Waals surface area contributed by atoms with Gasteiger partial charge in [0.1, 0.15) is 10.8 Å². The highest BCUT2D eigenvalue weighted by molar-refractivity contribution is 7.17. The van der Waals surface area contributed by atoms with Crippen molar-refractivity contribution in [1.82, 2.24) is 4.98 Å². The summed E-state index contributed by atoms with van der Waals surface area (Å²) in [5.41, 5.74) is 1.17. The van der Waals surface area contributed by atoms with Crippen LogP contribution in [0.3, 0.4) is 0 Å². The lowest BCUT2D eigenvalue weighted by atomic mass is 10.0. The van der Waals surface area contributed by atoms with Crippen LogP contribution in [-0.2, 0) is 6.42 Å². The Morgan fingerprint density at radius 3 is 2.94 bits per heavy atom. The summed E-state index contributed by atoms with van der Waals surface area (Å²) in [6, 6.07) is 4.37. The molecule has 1 aliphatic carbocycles. The predicted molar refractivity (Wildman–Crippen MR) is 69.8 cm³/mol. The number of thiazole rings is 1. The van der Waals surface area contributed by atoms with Gasteiger partial charge in [0.15, 0.2) is 5.78 Å². The number of rotatable bonds is 1. The number of benzene rings is 1. The molecular weight excluding hydrogens is 273 g/mol. The molecule has 1 aromatic heterocycles. The van der Waals surface area contributed by atoms with Crippen molar-refractivity contribution in [3.05, 3.63) is 39.6 Å². The maximum atomic E-state index is 13.7. The van der Waals surface area contributed by atoms with Crippen molar-refractivity contribution in [3.8, 4) is 10.6 Å². The third-order valence-electron chi connectivity index (χ3n) is 2.93. The molecule has 1 aromatic carbocycles. The number of carbonyl (C=O) groups is 1. The first-order valence-electron chi connectivity index (χ1n) is 5.63. The number of carbonyl (C=O) groups excluding carboxylic acids is 1. The van der Waals surface area contributed by atoms with Crippen LogP contribution in [0.1, 0.15) is 28.2 Å². The van der Waals surface area contributed by atoms with Crippen LogP contribution in [0.25, 0.3) is 10.6 Å². The second-order valence-corrected chi connectivity index (χ2v) is 5.63. The van der Waals surface area contributed by atoms with E-state index >= 15 is 0 Å². The highest BCUT2D eigenvalue weighted by atomic mass is 35.5. The third-order valence-corrected chi connectivity index (χ3v) is 4.33. The van der Waals surface area contributed by atoms with E-state index in [1.165, 1.54) is 23.5 Å². The van der Waals surface area contributed by atoms with E-state index < -0.39 is 0 Å². The van der Waals surface area contributed by atoms with E-state index in [2.05, 4.69) is 4.98 Å². The molecular formula is C13H9ClFNOS. The monoisotopic (exact) mass is 281 g/mol. The first kappa shape index (κ1) is 11.8. The number of nitrogens with zero attached hydrogens (tertiary/aromatic N) is 1. The number of fused-ring (bicyclic) bond motifs is 1. The van der Waals surface area contributed by atoms with Crippen molar-refractivity contribution < 1.29 is 9.18 Å². The minimum Gasteiger partial charge on any atom is -0.293 e. The van der Waals surface area contributed by atoms with E-state index in [0.717, 1.165) is 18.5 Å². The minimum absolute atomic E-state index is 0.113. The van der Waals surface area contributed by atoms with Crippen LogP contribution >= 0.6 is 22.9 Å². The van der Waals surface area contributed by atoms with E-state index in [9.17, 15) is 9.18 Å². The summed E-state index contributed by atoms with van der Waals surface area (Å²) in [6.45, 7) is 0. The molecule has 0 aliphatic heterocycles. The lowest BCUT2D eigenvalue weighted by Gasteiger charge is -2.06. The van der Waals surface area contributed by atoms with Crippen LogP contribution in [-0.4, -0.2) is 10.8 Å². The molecule has 0 fully saturated rings. The minimum atomic E-state index is -0.363. The molecule has 0 unspecified atom stereocenters. The summed E-state index contributed by atoms with van der Waals surface area (Å²) in [5, 5.41) is 1.00. The Labute approximate surface area is 112 Å². The van der Waals surface area contributed by atoms with Crippen molar-refractivity contribution in [2.24, 2.45) is 0 Å². The highest BCUT2D eigenvalue weighted by Gasteiger charge is 2.23. The Morgan fingerprint density at radius 1 is 1.33 bits per heavy atom. The Kier molecular flexibility index (Phi) is 2.92. The van der Waals surface area contributed by atoms with Crippen molar-refractivity contribution >= 4 is 28.7 Å². The van der Waals surface area contributed by atoms with E-state index in [1.54, 1.807) is 6.07 Å². The van der Waals surface area contributed by atoms with Crippen LogP contribution in [0.4, 0.5) is 4.39 Å². The number of aromatic nitrogens is 1. The Morgan fingerprint density at radius 2 is 2.17 bits per heavy atom. The summed E-state index contributed by atoms with van der Waals surface area (Å²) in [6.07, 6.45) is 2.18. The molecule has 1 heterocycles. The first-order valence-corrected chi connectivity index (χ1v) is 6.83. The zero-order valence-electron chi connectivity index (χ0n) is 9.37. The molecule has 0 saturated heterocycles. The molecule has 0 amide bonds. The number of hydrogen-bond acceptors (Lipinski definition) is 3. The van der Waals surface area contributed by atoms with Crippen LogP contribution < -0.4 is 0 Å². The van der Waals surface area contributed by atoms with Gasteiger partial charge in [0.2, 0.25) is 0 Å².